The van der Waals surface area contributed by atoms with Crippen LogP contribution in [0.1, 0.15) is 37.5 Å². The summed E-state index contributed by atoms with van der Waals surface area (Å²) in [5.41, 5.74) is 1.09. The largest absolute Gasteiger partial charge is 0.350 e. The van der Waals surface area contributed by atoms with Crippen molar-refractivity contribution < 1.29 is 22.4 Å². The SMILES string of the molecule is Cc1c(Cl)cccc1N(CC(=O)N(Cc1ccccc1F)C(Cc1ccccc1)C(=O)NC(C)(C)C)S(C)(=O)=O. The van der Waals surface area contributed by atoms with Crippen LogP contribution in [-0.4, -0.2) is 49.5 Å². The van der Waals surface area contributed by atoms with Crippen LogP contribution in [0.4, 0.5) is 10.1 Å². The Morgan fingerprint density at radius 1 is 0.975 bits per heavy atom. The molecule has 0 heterocycles. The van der Waals surface area contributed by atoms with E-state index in [4.69, 9.17) is 11.6 Å². The molecule has 0 radical (unpaired) electrons. The Balaban J connectivity index is 2.11. The number of hydrogen-bond acceptors (Lipinski definition) is 4. The summed E-state index contributed by atoms with van der Waals surface area (Å²) in [6.45, 7) is 6.27. The Labute approximate surface area is 241 Å². The number of carbonyl (C=O) groups excluding carboxylic acids is 2. The van der Waals surface area contributed by atoms with Crippen LogP contribution in [0.15, 0.2) is 72.8 Å². The fourth-order valence-corrected chi connectivity index (χ4v) is 5.35. The van der Waals surface area contributed by atoms with E-state index in [-0.39, 0.29) is 24.2 Å². The molecule has 3 aromatic rings. The molecule has 0 saturated heterocycles. The molecule has 0 fully saturated rings. The van der Waals surface area contributed by atoms with Crippen molar-refractivity contribution >= 4 is 39.1 Å². The Bertz CT molecular complexity index is 1460. The molecule has 0 aromatic heterocycles. The van der Waals surface area contributed by atoms with Gasteiger partial charge in [-0.05, 0) is 57.0 Å². The van der Waals surface area contributed by atoms with Gasteiger partial charge in [0.2, 0.25) is 21.8 Å². The highest BCUT2D eigenvalue weighted by Crippen LogP contribution is 2.29. The van der Waals surface area contributed by atoms with Crippen LogP contribution in [0.5, 0.6) is 0 Å². The van der Waals surface area contributed by atoms with Gasteiger partial charge in [-0.15, -0.1) is 0 Å². The quantitative estimate of drug-likeness (QED) is 0.357. The van der Waals surface area contributed by atoms with E-state index in [1.807, 2.05) is 51.1 Å². The molecule has 3 aromatic carbocycles. The molecule has 214 valence electrons. The third-order valence-corrected chi connectivity index (χ3v) is 7.79. The fraction of sp³-hybridized carbons (Fsp3) is 0.333. The minimum Gasteiger partial charge on any atom is -0.350 e. The van der Waals surface area contributed by atoms with Gasteiger partial charge in [0.25, 0.3) is 0 Å². The Morgan fingerprint density at radius 3 is 2.20 bits per heavy atom. The standard InChI is InChI=1S/C30H35ClFN3O4S/c1-21-24(31)15-11-17-26(21)35(40(5,38)39)20-28(36)34(19-23-14-9-10-16-25(23)32)27(29(37)33-30(2,3)4)18-22-12-7-6-8-13-22/h6-17,27H,18-20H2,1-5H3,(H,33,37). The monoisotopic (exact) mass is 587 g/mol. The highest BCUT2D eigenvalue weighted by Gasteiger charge is 2.35. The summed E-state index contributed by atoms with van der Waals surface area (Å²) < 4.78 is 41.6. The van der Waals surface area contributed by atoms with Crippen molar-refractivity contribution in [1.82, 2.24) is 10.2 Å². The second-order valence-electron chi connectivity index (χ2n) is 10.7. The van der Waals surface area contributed by atoms with E-state index >= 15 is 0 Å². The molecule has 7 nitrogen and oxygen atoms in total. The van der Waals surface area contributed by atoms with Crippen LogP contribution in [0.2, 0.25) is 5.02 Å². The number of nitrogens with one attached hydrogen (secondary N) is 1. The summed E-state index contributed by atoms with van der Waals surface area (Å²) >= 11 is 6.26. The van der Waals surface area contributed by atoms with Gasteiger partial charge in [0.15, 0.2) is 0 Å². The van der Waals surface area contributed by atoms with E-state index < -0.39 is 45.8 Å². The lowest BCUT2D eigenvalue weighted by molar-refractivity contribution is -0.140. The molecule has 0 spiro atoms. The van der Waals surface area contributed by atoms with E-state index in [2.05, 4.69) is 5.32 Å². The third-order valence-electron chi connectivity index (χ3n) is 6.25. The highest BCUT2D eigenvalue weighted by molar-refractivity contribution is 7.92. The predicted octanol–water partition coefficient (Wildman–Crippen LogP) is 5.11. The number of carbonyl (C=O) groups is 2. The van der Waals surface area contributed by atoms with Crippen LogP contribution in [-0.2, 0) is 32.6 Å². The lowest BCUT2D eigenvalue weighted by Gasteiger charge is -2.35. The molecule has 2 amide bonds. The van der Waals surface area contributed by atoms with Crippen molar-refractivity contribution in [2.45, 2.75) is 52.2 Å². The summed E-state index contributed by atoms with van der Waals surface area (Å²) in [4.78, 5) is 29.0. The van der Waals surface area contributed by atoms with E-state index in [1.54, 1.807) is 31.2 Å². The van der Waals surface area contributed by atoms with Crippen LogP contribution < -0.4 is 9.62 Å². The van der Waals surface area contributed by atoms with Crippen molar-refractivity contribution in [2.75, 3.05) is 17.1 Å². The number of benzene rings is 3. The van der Waals surface area contributed by atoms with Gasteiger partial charge >= 0.3 is 0 Å². The molecule has 1 N–H and O–H groups in total. The number of anilines is 1. The first kappa shape index (κ1) is 31.1. The highest BCUT2D eigenvalue weighted by atomic mass is 35.5. The topological polar surface area (TPSA) is 86.8 Å². The van der Waals surface area contributed by atoms with E-state index in [0.717, 1.165) is 16.1 Å². The zero-order chi connectivity index (χ0) is 29.7. The number of rotatable bonds is 10. The molecule has 0 bridgehead atoms. The second kappa shape index (κ2) is 12.8. The van der Waals surface area contributed by atoms with Crippen molar-refractivity contribution in [3.8, 4) is 0 Å². The van der Waals surface area contributed by atoms with Crippen LogP contribution in [0.3, 0.4) is 0 Å². The minimum absolute atomic E-state index is 0.137. The van der Waals surface area contributed by atoms with Crippen LogP contribution >= 0.6 is 11.6 Å². The molecule has 3 rings (SSSR count). The average molecular weight is 588 g/mol. The maximum absolute atomic E-state index is 14.8. The molecule has 1 unspecified atom stereocenters. The van der Waals surface area contributed by atoms with Crippen molar-refractivity contribution in [2.24, 2.45) is 0 Å². The molecule has 0 aliphatic carbocycles. The summed E-state index contributed by atoms with van der Waals surface area (Å²) in [7, 11) is -3.95. The second-order valence-corrected chi connectivity index (χ2v) is 13.0. The van der Waals surface area contributed by atoms with Crippen molar-refractivity contribution in [3.63, 3.8) is 0 Å². The zero-order valence-electron chi connectivity index (χ0n) is 23.3. The van der Waals surface area contributed by atoms with Gasteiger partial charge in [0, 0.05) is 29.1 Å². The maximum atomic E-state index is 14.8. The van der Waals surface area contributed by atoms with Gasteiger partial charge in [-0.1, -0.05) is 66.2 Å². The first-order valence-electron chi connectivity index (χ1n) is 12.8. The number of amides is 2. The number of sulfonamides is 1. The lowest BCUT2D eigenvalue weighted by atomic mass is 10.0. The normalized spacial score (nSPS) is 12.5. The molecule has 0 aliphatic rings. The zero-order valence-corrected chi connectivity index (χ0v) is 24.9. The number of nitrogens with zero attached hydrogens (tertiary/aromatic N) is 2. The van der Waals surface area contributed by atoms with Gasteiger partial charge in [-0.3, -0.25) is 13.9 Å². The summed E-state index contributed by atoms with van der Waals surface area (Å²) in [6.07, 6.45) is 1.13. The van der Waals surface area contributed by atoms with Crippen molar-refractivity contribution in [3.05, 3.63) is 100 Å². The summed E-state index contributed by atoms with van der Waals surface area (Å²) in [5.74, 6) is -1.65. The predicted molar refractivity (Wildman–Crippen MR) is 157 cm³/mol. The Hall–Kier alpha value is -3.43. The third kappa shape index (κ3) is 8.29. The summed E-state index contributed by atoms with van der Waals surface area (Å²) in [6, 6.07) is 18.9. The average Bonchev–Trinajstić information content (AvgIpc) is 2.86. The number of hydrogen-bond donors (Lipinski definition) is 1. The molecule has 0 aliphatic heterocycles. The van der Waals surface area contributed by atoms with Gasteiger partial charge in [-0.2, -0.15) is 0 Å². The molecule has 10 heteroatoms. The van der Waals surface area contributed by atoms with Gasteiger partial charge in [-0.25, -0.2) is 12.8 Å². The minimum atomic E-state index is -3.95. The van der Waals surface area contributed by atoms with E-state index in [1.165, 1.54) is 23.1 Å². The maximum Gasteiger partial charge on any atom is 0.244 e. The van der Waals surface area contributed by atoms with E-state index in [9.17, 15) is 22.4 Å². The molecular formula is C30H35ClFN3O4S. The Kier molecular flexibility index (Phi) is 9.97. The van der Waals surface area contributed by atoms with Gasteiger partial charge in [0.05, 0.1) is 11.9 Å². The molecule has 0 saturated carbocycles. The van der Waals surface area contributed by atoms with E-state index in [0.29, 0.717) is 10.6 Å². The van der Waals surface area contributed by atoms with Crippen LogP contribution in [0.25, 0.3) is 0 Å². The van der Waals surface area contributed by atoms with Gasteiger partial charge in [0.1, 0.15) is 18.4 Å². The first-order chi connectivity index (χ1) is 18.7. The first-order valence-corrected chi connectivity index (χ1v) is 15.0. The Morgan fingerprint density at radius 2 is 1.60 bits per heavy atom. The molecule has 1 atom stereocenters. The van der Waals surface area contributed by atoms with Crippen LogP contribution in [0, 0.1) is 12.7 Å². The fourth-order valence-electron chi connectivity index (χ4n) is 4.28. The van der Waals surface area contributed by atoms with Crippen molar-refractivity contribution in [1.29, 1.82) is 0 Å². The smallest absolute Gasteiger partial charge is 0.244 e. The number of halogens is 2. The summed E-state index contributed by atoms with van der Waals surface area (Å²) in [5, 5.41) is 3.27. The molecular weight excluding hydrogens is 553 g/mol. The lowest BCUT2D eigenvalue weighted by Crippen LogP contribution is -2.56. The molecule has 40 heavy (non-hydrogen) atoms. The van der Waals surface area contributed by atoms with Gasteiger partial charge < -0.3 is 10.2 Å².